The number of para-hydroxylation sites is 1. The Bertz CT molecular complexity index is 1480. The number of carbonyl (C=O) groups excluding carboxylic acids is 4. The maximum atomic E-state index is 14.1. The van der Waals surface area contributed by atoms with E-state index < -0.39 is 60.1 Å². The molecule has 5 rings (SSSR count). The molecule has 1 aliphatic carbocycles. The van der Waals surface area contributed by atoms with Crippen LogP contribution in [0.2, 0.25) is 0 Å². The summed E-state index contributed by atoms with van der Waals surface area (Å²) in [6.07, 6.45) is -2.24. The zero-order valence-electron chi connectivity index (χ0n) is 23.5. The van der Waals surface area contributed by atoms with Crippen molar-refractivity contribution in [2.45, 2.75) is 55.6 Å². The van der Waals surface area contributed by atoms with Gasteiger partial charge in [0.2, 0.25) is 17.4 Å². The number of halogens is 3. The van der Waals surface area contributed by atoms with Crippen LogP contribution in [0.3, 0.4) is 0 Å². The van der Waals surface area contributed by atoms with Gasteiger partial charge in [0.05, 0.1) is 12.6 Å². The molecule has 1 saturated carbocycles. The first kappa shape index (κ1) is 30.6. The van der Waals surface area contributed by atoms with Gasteiger partial charge in [0, 0.05) is 19.7 Å². The van der Waals surface area contributed by atoms with Crippen molar-refractivity contribution in [3.05, 3.63) is 48.7 Å². The van der Waals surface area contributed by atoms with Crippen LogP contribution in [0, 0.1) is 17.2 Å². The number of nitriles is 1. The lowest BCUT2D eigenvalue weighted by atomic mass is 9.97. The Hall–Kier alpha value is -4.87. The fraction of sp³-hybridized carbons (Fsp3) is 0.448. The zero-order valence-corrected chi connectivity index (χ0v) is 23.5. The molecule has 4 amide bonds. The van der Waals surface area contributed by atoms with Gasteiger partial charge in [-0.3, -0.25) is 19.2 Å². The van der Waals surface area contributed by atoms with Gasteiger partial charge >= 0.3 is 12.1 Å². The number of ether oxygens (including phenoxy) is 2. The molecule has 1 aromatic heterocycles. The lowest BCUT2D eigenvalue weighted by molar-refractivity contribution is -0.175. The normalized spacial score (nSPS) is 22.1. The van der Waals surface area contributed by atoms with Gasteiger partial charge in [-0.05, 0) is 36.6 Å². The van der Waals surface area contributed by atoms with Gasteiger partial charge in [0.25, 0.3) is 5.91 Å². The predicted octanol–water partition coefficient (Wildman–Crippen LogP) is 2.03. The molecule has 0 radical (unpaired) electrons. The van der Waals surface area contributed by atoms with Gasteiger partial charge in [0.1, 0.15) is 30.5 Å². The number of nitrogens with zero attached hydrogens (tertiary/aromatic N) is 4. The van der Waals surface area contributed by atoms with Crippen molar-refractivity contribution < 1.29 is 41.8 Å². The highest BCUT2D eigenvalue weighted by Crippen LogP contribution is 2.40. The number of rotatable bonds is 9. The number of likely N-dealkylation sites (N-methyl/N-ethyl adjacent to an activating group) is 1. The number of hydrogen-bond donors (Lipinski definition) is 2. The summed E-state index contributed by atoms with van der Waals surface area (Å²) in [6, 6.07) is 9.11. The zero-order chi connectivity index (χ0) is 31.6. The summed E-state index contributed by atoms with van der Waals surface area (Å²) >= 11 is 0. The van der Waals surface area contributed by atoms with Gasteiger partial charge < -0.3 is 29.9 Å². The molecule has 232 valence electrons. The first-order valence-electron chi connectivity index (χ1n) is 13.9. The quantitative estimate of drug-likeness (QED) is 0.435. The molecule has 2 fully saturated rings. The van der Waals surface area contributed by atoms with Crippen molar-refractivity contribution in [1.82, 2.24) is 20.1 Å². The number of nitrogens with one attached hydrogen (secondary N) is 2. The van der Waals surface area contributed by atoms with Crippen LogP contribution in [0.25, 0.3) is 0 Å². The lowest BCUT2D eigenvalue weighted by Gasteiger charge is -2.35. The maximum absolute atomic E-state index is 14.1. The smallest absolute Gasteiger partial charge is 0.471 e. The Kier molecular flexibility index (Phi) is 8.36. The molecule has 1 spiro atoms. The summed E-state index contributed by atoms with van der Waals surface area (Å²) in [5.41, 5.74) is -1.59. The van der Waals surface area contributed by atoms with Gasteiger partial charge in [-0.25, -0.2) is 4.98 Å². The van der Waals surface area contributed by atoms with Crippen molar-refractivity contribution in [3.8, 4) is 17.6 Å². The largest absolute Gasteiger partial charge is 0.491 e. The van der Waals surface area contributed by atoms with E-state index >= 15 is 0 Å². The number of hydrogen-bond acceptors (Lipinski definition) is 8. The van der Waals surface area contributed by atoms with E-state index in [1.165, 1.54) is 30.3 Å². The summed E-state index contributed by atoms with van der Waals surface area (Å²) in [5.74, 6) is -3.82. The summed E-state index contributed by atoms with van der Waals surface area (Å²) in [5, 5.41) is 14.3. The Morgan fingerprint density at radius 2 is 1.98 bits per heavy atom. The molecular formula is C29H29F3N6O6. The highest BCUT2D eigenvalue weighted by molar-refractivity contribution is 6.01. The number of anilines is 1. The molecule has 15 heteroatoms. The maximum Gasteiger partial charge on any atom is 0.471 e. The number of pyridine rings is 1. The predicted molar refractivity (Wildman–Crippen MR) is 146 cm³/mol. The molecule has 0 unspecified atom stereocenters. The average molecular weight is 615 g/mol. The Balaban J connectivity index is 1.38. The molecule has 0 bridgehead atoms. The van der Waals surface area contributed by atoms with E-state index in [-0.39, 0.29) is 42.6 Å². The minimum atomic E-state index is -5.27. The van der Waals surface area contributed by atoms with Crippen LogP contribution in [0.5, 0.6) is 11.5 Å². The molecule has 2 N–H and O–H groups in total. The third-order valence-corrected chi connectivity index (χ3v) is 7.85. The molecule has 2 aliphatic heterocycles. The summed E-state index contributed by atoms with van der Waals surface area (Å²) in [7, 11) is 1.25. The second kappa shape index (κ2) is 12.0. The standard InChI is InChI=1S/C29H29F3N6O6/c1-37(24(39)20(35-27(42)29(30,31)32)15-43-19-6-3-2-4-7-19)21(12-17-9-10-17)25(40)38-16-28(13-18(38)14-33)26(41)36-23-22(44-28)8-5-11-34-23/h2-8,11,17-18,20-21H,9-10,12-13,15-16H2,1H3,(H,35,42)(H,34,36,41)/t18-,20-,21-,28+/m0/s1. The number of carbonyl (C=O) groups is 4. The number of likely N-dealkylation sites (tertiary alicyclic amines) is 1. The first-order chi connectivity index (χ1) is 20.9. The van der Waals surface area contributed by atoms with E-state index in [1.807, 2.05) is 6.07 Å². The molecule has 2 aromatic rings. The molecule has 4 atom stereocenters. The topological polar surface area (TPSA) is 154 Å². The van der Waals surface area contributed by atoms with Crippen LogP contribution in [-0.4, -0.2) is 88.5 Å². The third kappa shape index (κ3) is 6.38. The summed E-state index contributed by atoms with van der Waals surface area (Å²) in [6.45, 7) is -0.951. The molecule has 44 heavy (non-hydrogen) atoms. The Morgan fingerprint density at radius 3 is 2.64 bits per heavy atom. The van der Waals surface area contributed by atoms with Gasteiger partial charge in [-0.15, -0.1) is 0 Å². The van der Waals surface area contributed by atoms with E-state index in [2.05, 4.69) is 10.3 Å². The summed E-state index contributed by atoms with van der Waals surface area (Å²) in [4.78, 5) is 58.9. The molecule has 1 aromatic carbocycles. The Labute approximate surface area is 250 Å². The van der Waals surface area contributed by atoms with E-state index in [1.54, 1.807) is 35.6 Å². The van der Waals surface area contributed by atoms with Crippen molar-refractivity contribution >= 4 is 29.4 Å². The van der Waals surface area contributed by atoms with E-state index in [4.69, 9.17) is 9.47 Å². The molecule has 12 nitrogen and oxygen atoms in total. The minimum Gasteiger partial charge on any atom is -0.491 e. The number of aromatic nitrogens is 1. The number of benzene rings is 1. The monoisotopic (exact) mass is 614 g/mol. The highest BCUT2D eigenvalue weighted by Gasteiger charge is 2.57. The van der Waals surface area contributed by atoms with Gasteiger partial charge in [-0.1, -0.05) is 31.0 Å². The average Bonchev–Trinajstić information content (AvgIpc) is 3.76. The molecule has 3 heterocycles. The van der Waals surface area contributed by atoms with Crippen LogP contribution < -0.4 is 20.1 Å². The molecule has 3 aliphatic rings. The van der Waals surface area contributed by atoms with Crippen molar-refractivity contribution in [2.24, 2.45) is 5.92 Å². The van der Waals surface area contributed by atoms with E-state index in [0.29, 0.717) is 0 Å². The van der Waals surface area contributed by atoms with Gasteiger partial charge in [-0.2, -0.15) is 18.4 Å². The first-order valence-corrected chi connectivity index (χ1v) is 13.9. The van der Waals surface area contributed by atoms with Crippen LogP contribution in [0.1, 0.15) is 25.7 Å². The molecule has 1 saturated heterocycles. The van der Waals surface area contributed by atoms with Crippen LogP contribution in [0.4, 0.5) is 19.0 Å². The van der Waals surface area contributed by atoms with Gasteiger partial charge in [0.15, 0.2) is 11.6 Å². The minimum absolute atomic E-state index is 0.0623. The van der Waals surface area contributed by atoms with Crippen molar-refractivity contribution in [2.75, 3.05) is 25.5 Å². The SMILES string of the molecule is CN(C(=O)[C@H](COc1ccccc1)NC(=O)C(F)(F)F)[C@@H](CC1CC1)C(=O)N1C[C@@]2(C[C@H]1C#N)Oc1cccnc1NC2=O. The fourth-order valence-electron chi connectivity index (χ4n) is 5.30. The van der Waals surface area contributed by atoms with Crippen LogP contribution in [0.15, 0.2) is 48.7 Å². The van der Waals surface area contributed by atoms with Crippen LogP contribution in [-0.2, 0) is 19.2 Å². The highest BCUT2D eigenvalue weighted by atomic mass is 19.4. The Morgan fingerprint density at radius 1 is 1.25 bits per heavy atom. The molecular weight excluding hydrogens is 585 g/mol. The fourth-order valence-corrected chi connectivity index (χ4v) is 5.30. The number of amides is 4. The third-order valence-electron chi connectivity index (χ3n) is 7.85. The number of alkyl halides is 3. The van der Waals surface area contributed by atoms with Crippen LogP contribution >= 0.6 is 0 Å². The van der Waals surface area contributed by atoms with E-state index in [0.717, 1.165) is 17.7 Å². The van der Waals surface area contributed by atoms with E-state index in [9.17, 15) is 37.6 Å². The lowest BCUT2D eigenvalue weighted by Crippen LogP contribution is -2.59. The van der Waals surface area contributed by atoms with Crippen molar-refractivity contribution in [1.29, 1.82) is 5.26 Å². The second-order valence-electron chi connectivity index (χ2n) is 11.0. The second-order valence-corrected chi connectivity index (χ2v) is 11.0. The summed E-state index contributed by atoms with van der Waals surface area (Å²) < 4.78 is 51.0. The number of fused-ring (bicyclic) bond motifs is 1. The van der Waals surface area contributed by atoms with Crippen molar-refractivity contribution in [3.63, 3.8) is 0 Å².